The van der Waals surface area contributed by atoms with Crippen molar-refractivity contribution >= 4 is 16.6 Å². The van der Waals surface area contributed by atoms with Gasteiger partial charge in [0.25, 0.3) is 0 Å². The molecule has 1 saturated carbocycles. The first kappa shape index (κ1) is 16.9. The van der Waals surface area contributed by atoms with Crippen LogP contribution in [-0.4, -0.2) is 22.6 Å². The Morgan fingerprint density at radius 3 is 2.73 bits per heavy atom. The Morgan fingerprint density at radius 1 is 1.15 bits per heavy atom. The Bertz CT molecular complexity index is 949. The summed E-state index contributed by atoms with van der Waals surface area (Å²) in [6, 6.07) is 17.4. The van der Waals surface area contributed by atoms with Gasteiger partial charge >= 0.3 is 0 Å². The zero-order valence-corrected chi connectivity index (χ0v) is 15.5. The van der Waals surface area contributed by atoms with E-state index in [1.54, 1.807) is 0 Å². The molecule has 3 heteroatoms. The third-order valence-corrected chi connectivity index (χ3v) is 5.88. The van der Waals surface area contributed by atoms with E-state index in [1.807, 2.05) is 6.07 Å². The van der Waals surface area contributed by atoms with Gasteiger partial charge in [-0.05, 0) is 60.9 Å². The Balaban J connectivity index is 1.54. The second-order valence-corrected chi connectivity index (χ2v) is 7.57. The highest BCUT2D eigenvalue weighted by Gasteiger charge is 2.30. The van der Waals surface area contributed by atoms with E-state index in [2.05, 4.69) is 77.1 Å². The predicted octanol–water partition coefficient (Wildman–Crippen LogP) is 5.50. The quantitative estimate of drug-likeness (QED) is 0.570. The van der Waals surface area contributed by atoms with E-state index in [4.69, 9.17) is 6.57 Å². The number of benzene rings is 2. The Kier molecular flexibility index (Phi) is 4.53. The van der Waals surface area contributed by atoms with Crippen molar-refractivity contribution in [1.82, 2.24) is 9.47 Å². The van der Waals surface area contributed by atoms with E-state index in [9.17, 15) is 0 Å². The molecule has 2 aromatic carbocycles. The number of nitrogens with zero attached hydrogens (tertiary/aromatic N) is 3. The molecule has 0 N–H and O–H groups in total. The van der Waals surface area contributed by atoms with Gasteiger partial charge in [0.15, 0.2) is 5.69 Å². The molecule has 132 valence electrons. The smallest absolute Gasteiger partial charge is 0.187 e. The first-order valence-corrected chi connectivity index (χ1v) is 9.36. The fourth-order valence-electron chi connectivity index (χ4n) is 4.45. The van der Waals surface area contributed by atoms with Gasteiger partial charge in [-0.15, -0.1) is 0 Å². The number of hydrogen-bond donors (Lipinski definition) is 0. The number of aromatic nitrogens is 1. The number of aryl methyl sites for hydroxylation is 1. The van der Waals surface area contributed by atoms with Crippen LogP contribution in [0.15, 0.2) is 54.7 Å². The molecule has 4 rings (SSSR count). The van der Waals surface area contributed by atoms with Crippen molar-refractivity contribution in [3.63, 3.8) is 0 Å². The topological polar surface area (TPSA) is 12.5 Å². The minimum absolute atomic E-state index is 0.586. The summed E-state index contributed by atoms with van der Waals surface area (Å²) in [5, 5.41) is 1.26. The SMILES string of the molecule is [C-]#[N+]c1ccc2c(c1)c(C1CCC(N(C)Cc3ccccc3)C1)cn2C. The molecule has 0 bridgehead atoms. The fraction of sp³-hybridized carbons (Fsp3) is 0.348. The summed E-state index contributed by atoms with van der Waals surface area (Å²) in [7, 11) is 4.36. The third-order valence-electron chi connectivity index (χ3n) is 5.88. The Hall–Kier alpha value is -2.57. The second-order valence-electron chi connectivity index (χ2n) is 7.57. The standard InChI is InChI=1S/C23H25N3/c1-24-19-10-12-23-21(14-19)22(16-26(23)3)18-9-11-20(13-18)25(2)15-17-7-5-4-6-8-17/h4-8,10,12,14,16,18,20H,9,11,13,15H2,2-3H3. The number of hydrogen-bond acceptors (Lipinski definition) is 1. The van der Waals surface area contributed by atoms with Crippen LogP contribution in [0.25, 0.3) is 15.7 Å². The molecule has 3 aromatic rings. The molecule has 2 atom stereocenters. The van der Waals surface area contributed by atoms with Crippen molar-refractivity contribution in [1.29, 1.82) is 0 Å². The van der Waals surface area contributed by atoms with Crippen LogP contribution in [-0.2, 0) is 13.6 Å². The van der Waals surface area contributed by atoms with Crippen LogP contribution < -0.4 is 0 Å². The minimum Gasteiger partial charge on any atom is -0.350 e. The maximum absolute atomic E-state index is 7.31. The van der Waals surface area contributed by atoms with E-state index in [-0.39, 0.29) is 0 Å². The maximum Gasteiger partial charge on any atom is 0.187 e. The van der Waals surface area contributed by atoms with Crippen LogP contribution in [0, 0.1) is 6.57 Å². The Labute approximate surface area is 155 Å². The van der Waals surface area contributed by atoms with Crippen LogP contribution in [0.3, 0.4) is 0 Å². The van der Waals surface area contributed by atoms with Crippen molar-refractivity contribution in [3.8, 4) is 0 Å². The van der Waals surface area contributed by atoms with Gasteiger partial charge in [0.1, 0.15) is 0 Å². The van der Waals surface area contributed by atoms with Gasteiger partial charge in [-0.25, -0.2) is 4.85 Å². The molecule has 1 heterocycles. The molecule has 1 aromatic heterocycles. The van der Waals surface area contributed by atoms with Gasteiger partial charge in [-0.2, -0.15) is 0 Å². The molecule has 3 nitrogen and oxygen atoms in total. The molecule has 2 unspecified atom stereocenters. The van der Waals surface area contributed by atoms with Gasteiger partial charge in [-0.3, -0.25) is 4.90 Å². The van der Waals surface area contributed by atoms with Crippen LogP contribution in [0.5, 0.6) is 0 Å². The molecule has 1 aliphatic carbocycles. The lowest BCUT2D eigenvalue weighted by molar-refractivity contribution is 0.235. The normalized spacial score (nSPS) is 19.9. The highest BCUT2D eigenvalue weighted by atomic mass is 15.1. The summed E-state index contributed by atoms with van der Waals surface area (Å²) in [5.41, 5.74) is 4.77. The summed E-state index contributed by atoms with van der Waals surface area (Å²) < 4.78 is 2.21. The molecule has 0 spiro atoms. The van der Waals surface area contributed by atoms with Crippen LogP contribution in [0.1, 0.15) is 36.3 Å². The zero-order valence-electron chi connectivity index (χ0n) is 15.5. The van der Waals surface area contributed by atoms with E-state index in [0.717, 1.165) is 12.2 Å². The van der Waals surface area contributed by atoms with E-state index in [1.165, 1.54) is 41.3 Å². The van der Waals surface area contributed by atoms with Crippen molar-refractivity contribution in [2.45, 2.75) is 37.8 Å². The monoisotopic (exact) mass is 343 g/mol. The Morgan fingerprint density at radius 2 is 1.96 bits per heavy atom. The number of fused-ring (bicyclic) bond motifs is 1. The van der Waals surface area contributed by atoms with Crippen LogP contribution in [0.2, 0.25) is 0 Å². The second kappa shape index (κ2) is 6.97. The molecular weight excluding hydrogens is 318 g/mol. The van der Waals surface area contributed by atoms with Crippen molar-refractivity contribution in [3.05, 3.63) is 77.3 Å². The summed E-state index contributed by atoms with van der Waals surface area (Å²) in [6.45, 7) is 8.32. The fourth-order valence-corrected chi connectivity index (χ4v) is 4.45. The summed E-state index contributed by atoms with van der Waals surface area (Å²) in [6.07, 6.45) is 5.95. The van der Waals surface area contributed by atoms with Crippen molar-refractivity contribution in [2.24, 2.45) is 7.05 Å². The van der Waals surface area contributed by atoms with Crippen LogP contribution in [0.4, 0.5) is 5.69 Å². The average Bonchev–Trinajstić information content (AvgIpc) is 3.27. The third kappa shape index (κ3) is 3.13. The lowest BCUT2D eigenvalue weighted by atomic mass is 9.96. The van der Waals surface area contributed by atoms with Gasteiger partial charge in [0, 0.05) is 31.3 Å². The zero-order chi connectivity index (χ0) is 18.1. The lowest BCUT2D eigenvalue weighted by Crippen LogP contribution is -2.28. The molecule has 0 aliphatic heterocycles. The van der Waals surface area contributed by atoms with E-state index < -0.39 is 0 Å². The number of rotatable bonds is 4. The minimum atomic E-state index is 0.586. The first-order chi connectivity index (χ1) is 12.7. The average molecular weight is 343 g/mol. The summed E-state index contributed by atoms with van der Waals surface area (Å²) in [5.74, 6) is 0.586. The summed E-state index contributed by atoms with van der Waals surface area (Å²) in [4.78, 5) is 6.13. The van der Waals surface area contributed by atoms with Gasteiger partial charge in [0.05, 0.1) is 6.57 Å². The first-order valence-electron chi connectivity index (χ1n) is 9.36. The van der Waals surface area contributed by atoms with Gasteiger partial charge < -0.3 is 4.57 Å². The lowest BCUT2D eigenvalue weighted by Gasteiger charge is -2.24. The molecule has 0 radical (unpaired) electrons. The largest absolute Gasteiger partial charge is 0.350 e. The van der Waals surface area contributed by atoms with Crippen molar-refractivity contribution < 1.29 is 0 Å². The highest BCUT2D eigenvalue weighted by Crippen LogP contribution is 2.41. The van der Waals surface area contributed by atoms with Gasteiger partial charge in [-0.1, -0.05) is 36.4 Å². The van der Waals surface area contributed by atoms with Gasteiger partial charge in [0.2, 0.25) is 0 Å². The summed E-state index contributed by atoms with van der Waals surface area (Å²) >= 11 is 0. The molecule has 1 aliphatic rings. The molecule has 1 fully saturated rings. The van der Waals surface area contributed by atoms with Crippen LogP contribution >= 0.6 is 0 Å². The van der Waals surface area contributed by atoms with E-state index >= 15 is 0 Å². The maximum atomic E-state index is 7.31. The molecule has 0 saturated heterocycles. The molecule has 26 heavy (non-hydrogen) atoms. The molecular formula is C23H25N3. The van der Waals surface area contributed by atoms with Crippen molar-refractivity contribution in [2.75, 3.05) is 7.05 Å². The molecule has 0 amide bonds. The van der Waals surface area contributed by atoms with E-state index in [0.29, 0.717) is 12.0 Å². The highest BCUT2D eigenvalue weighted by molar-refractivity contribution is 5.87. The predicted molar refractivity (Wildman–Crippen MR) is 107 cm³/mol.